The topological polar surface area (TPSA) is 70.7 Å². The third-order valence-corrected chi connectivity index (χ3v) is 3.95. The highest BCUT2D eigenvalue weighted by atomic mass is 32.1. The minimum atomic E-state index is -0.635. The molecule has 1 aromatic heterocycles. The third-order valence-electron chi connectivity index (χ3n) is 2.86. The molecule has 0 fully saturated rings. The molecule has 0 aromatic carbocycles. The summed E-state index contributed by atoms with van der Waals surface area (Å²) in [5.74, 6) is -1.25. The lowest BCUT2D eigenvalue weighted by atomic mass is 10.3. The maximum Gasteiger partial charge on any atom is 0.309 e. The zero-order valence-electron chi connectivity index (χ0n) is 12.9. The number of carbonyl (C=O) groups is 2. The summed E-state index contributed by atoms with van der Waals surface area (Å²) in [7, 11) is 5.39. The Balaban J connectivity index is 2.38. The number of nitrogens with one attached hydrogen (secondary N) is 2. The van der Waals surface area contributed by atoms with E-state index in [9.17, 15) is 9.59 Å². The number of ether oxygens (including phenoxy) is 1. The molecule has 6 nitrogen and oxygen atoms in total. The van der Waals surface area contributed by atoms with Crippen molar-refractivity contribution in [1.29, 1.82) is 0 Å². The molecule has 1 atom stereocenters. The summed E-state index contributed by atoms with van der Waals surface area (Å²) >= 11 is 1.62. The zero-order chi connectivity index (χ0) is 15.8. The van der Waals surface area contributed by atoms with E-state index in [1.807, 2.05) is 38.1 Å². The van der Waals surface area contributed by atoms with E-state index in [4.69, 9.17) is 4.74 Å². The SMILES string of the molecule is COC(CNC(=O)C(=O)NCCN(C)C)c1ccc(C)s1. The molecule has 0 aliphatic rings. The number of hydrogen-bond acceptors (Lipinski definition) is 5. The van der Waals surface area contributed by atoms with Crippen molar-refractivity contribution in [2.45, 2.75) is 13.0 Å². The molecule has 1 aromatic rings. The maximum absolute atomic E-state index is 11.7. The molecule has 0 saturated heterocycles. The fourth-order valence-corrected chi connectivity index (χ4v) is 2.62. The van der Waals surface area contributed by atoms with Gasteiger partial charge in [0, 0.05) is 36.5 Å². The van der Waals surface area contributed by atoms with Gasteiger partial charge in [0.1, 0.15) is 6.10 Å². The van der Waals surface area contributed by atoms with Crippen molar-refractivity contribution in [3.05, 3.63) is 21.9 Å². The predicted molar refractivity (Wildman–Crippen MR) is 83.4 cm³/mol. The van der Waals surface area contributed by atoms with Gasteiger partial charge in [-0.15, -0.1) is 11.3 Å². The van der Waals surface area contributed by atoms with Crippen LogP contribution in [0.2, 0.25) is 0 Å². The Bertz CT molecular complexity index is 474. The van der Waals surface area contributed by atoms with Crippen molar-refractivity contribution in [3.63, 3.8) is 0 Å². The van der Waals surface area contributed by atoms with Gasteiger partial charge in [0.25, 0.3) is 0 Å². The first-order valence-corrected chi connectivity index (χ1v) is 7.55. The summed E-state index contributed by atoms with van der Waals surface area (Å²) in [4.78, 5) is 27.4. The van der Waals surface area contributed by atoms with E-state index in [0.29, 0.717) is 13.1 Å². The van der Waals surface area contributed by atoms with Gasteiger partial charge in [0.2, 0.25) is 0 Å². The molecule has 2 N–H and O–H groups in total. The molecular formula is C14H23N3O3S. The third kappa shape index (κ3) is 6.24. The molecule has 0 bridgehead atoms. The number of rotatable bonds is 7. The van der Waals surface area contributed by atoms with Crippen molar-refractivity contribution in [2.24, 2.45) is 0 Å². The van der Waals surface area contributed by atoms with Gasteiger partial charge in [-0.1, -0.05) is 0 Å². The van der Waals surface area contributed by atoms with Crippen LogP contribution in [0.25, 0.3) is 0 Å². The van der Waals surface area contributed by atoms with Gasteiger partial charge in [0.05, 0.1) is 0 Å². The molecule has 0 spiro atoms. The highest BCUT2D eigenvalue weighted by Crippen LogP contribution is 2.24. The normalized spacial score (nSPS) is 12.2. The monoisotopic (exact) mass is 313 g/mol. The number of aryl methyl sites for hydroxylation is 1. The number of methoxy groups -OCH3 is 1. The molecule has 1 heterocycles. The highest BCUT2D eigenvalue weighted by molar-refractivity contribution is 7.12. The fraction of sp³-hybridized carbons (Fsp3) is 0.571. The number of carbonyl (C=O) groups excluding carboxylic acids is 2. The van der Waals surface area contributed by atoms with E-state index in [1.165, 1.54) is 4.88 Å². The van der Waals surface area contributed by atoms with Crippen LogP contribution in [-0.4, -0.2) is 57.6 Å². The average Bonchev–Trinajstić information content (AvgIpc) is 2.85. The van der Waals surface area contributed by atoms with Gasteiger partial charge in [-0.2, -0.15) is 0 Å². The van der Waals surface area contributed by atoms with Crippen LogP contribution in [0.15, 0.2) is 12.1 Å². The lowest BCUT2D eigenvalue weighted by Crippen LogP contribution is -2.43. The predicted octanol–water partition coefficient (Wildman–Crippen LogP) is 0.538. The van der Waals surface area contributed by atoms with Crippen LogP contribution in [0.1, 0.15) is 15.9 Å². The second-order valence-corrected chi connectivity index (χ2v) is 6.26. The van der Waals surface area contributed by atoms with Crippen molar-refractivity contribution in [1.82, 2.24) is 15.5 Å². The van der Waals surface area contributed by atoms with E-state index < -0.39 is 11.8 Å². The quantitative estimate of drug-likeness (QED) is 0.721. The van der Waals surface area contributed by atoms with Gasteiger partial charge in [-0.25, -0.2) is 0 Å². The van der Waals surface area contributed by atoms with E-state index >= 15 is 0 Å². The number of nitrogens with zero attached hydrogens (tertiary/aromatic N) is 1. The van der Waals surface area contributed by atoms with Gasteiger partial charge < -0.3 is 20.3 Å². The second-order valence-electron chi connectivity index (χ2n) is 4.94. The Hall–Kier alpha value is -1.44. The van der Waals surface area contributed by atoms with Crippen molar-refractivity contribution in [2.75, 3.05) is 40.8 Å². The van der Waals surface area contributed by atoms with Gasteiger partial charge in [-0.05, 0) is 33.2 Å². The standard InChI is InChI=1S/C14H23N3O3S/c1-10-5-6-12(21-10)11(20-4)9-16-14(19)13(18)15-7-8-17(2)3/h5-6,11H,7-9H2,1-4H3,(H,15,18)(H,16,19). The summed E-state index contributed by atoms with van der Waals surface area (Å²) in [5.41, 5.74) is 0. The number of amides is 2. The smallest absolute Gasteiger partial charge is 0.309 e. The first kappa shape index (κ1) is 17.6. The number of likely N-dealkylation sites (N-methyl/N-ethyl adjacent to an activating group) is 1. The first-order valence-electron chi connectivity index (χ1n) is 6.74. The fourth-order valence-electron chi connectivity index (χ4n) is 1.67. The Labute approximate surface area is 129 Å². The van der Waals surface area contributed by atoms with Crippen molar-refractivity contribution < 1.29 is 14.3 Å². The summed E-state index contributed by atoms with van der Waals surface area (Å²) in [6.07, 6.45) is -0.234. The highest BCUT2D eigenvalue weighted by Gasteiger charge is 2.17. The largest absolute Gasteiger partial charge is 0.374 e. The number of hydrogen-bond donors (Lipinski definition) is 2. The zero-order valence-corrected chi connectivity index (χ0v) is 13.8. The minimum absolute atomic E-state index is 0.234. The Kier molecular flexibility index (Phi) is 7.35. The Morgan fingerprint density at radius 1 is 1.29 bits per heavy atom. The van der Waals surface area contributed by atoms with E-state index in [1.54, 1.807) is 18.4 Å². The lowest BCUT2D eigenvalue weighted by Gasteiger charge is -2.15. The van der Waals surface area contributed by atoms with Crippen LogP contribution >= 0.6 is 11.3 Å². The Morgan fingerprint density at radius 3 is 2.48 bits per heavy atom. The summed E-state index contributed by atoms with van der Waals surface area (Å²) in [5, 5.41) is 5.16. The van der Waals surface area contributed by atoms with Crippen molar-refractivity contribution in [3.8, 4) is 0 Å². The van der Waals surface area contributed by atoms with E-state index in [0.717, 1.165) is 4.88 Å². The number of thiophene rings is 1. The first-order chi connectivity index (χ1) is 9.93. The van der Waals surface area contributed by atoms with E-state index in [-0.39, 0.29) is 12.6 Å². The molecule has 0 saturated carbocycles. The van der Waals surface area contributed by atoms with Crippen LogP contribution in [0, 0.1) is 6.92 Å². The van der Waals surface area contributed by atoms with E-state index in [2.05, 4.69) is 10.6 Å². The van der Waals surface area contributed by atoms with Crippen LogP contribution in [0.3, 0.4) is 0 Å². The van der Waals surface area contributed by atoms with Crippen LogP contribution in [0.4, 0.5) is 0 Å². The summed E-state index contributed by atoms with van der Waals surface area (Å²) < 4.78 is 5.35. The molecule has 1 unspecified atom stereocenters. The second kappa shape index (κ2) is 8.76. The molecule has 118 valence electrons. The molecule has 0 aliphatic carbocycles. The molecule has 2 amide bonds. The minimum Gasteiger partial charge on any atom is -0.374 e. The molecule has 21 heavy (non-hydrogen) atoms. The molecule has 0 radical (unpaired) electrons. The summed E-state index contributed by atoms with van der Waals surface area (Å²) in [6.45, 7) is 3.42. The van der Waals surface area contributed by atoms with Gasteiger partial charge in [-0.3, -0.25) is 9.59 Å². The average molecular weight is 313 g/mol. The molecular weight excluding hydrogens is 290 g/mol. The molecule has 0 aliphatic heterocycles. The van der Waals surface area contributed by atoms with Crippen molar-refractivity contribution >= 4 is 23.2 Å². The van der Waals surface area contributed by atoms with Gasteiger partial charge in [0.15, 0.2) is 0 Å². The van der Waals surface area contributed by atoms with Crippen LogP contribution < -0.4 is 10.6 Å². The Morgan fingerprint density at radius 2 is 1.95 bits per heavy atom. The lowest BCUT2D eigenvalue weighted by molar-refractivity contribution is -0.139. The van der Waals surface area contributed by atoms with Gasteiger partial charge >= 0.3 is 11.8 Å². The molecule has 1 rings (SSSR count). The molecule has 7 heteroatoms. The maximum atomic E-state index is 11.7. The van der Waals surface area contributed by atoms with Crippen LogP contribution in [-0.2, 0) is 14.3 Å². The summed E-state index contributed by atoms with van der Waals surface area (Å²) in [6, 6.07) is 3.97. The van der Waals surface area contributed by atoms with Crippen LogP contribution in [0.5, 0.6) is 0 Å².